The lowest BCUT2D eigenvalue weighted by atomic mass is 10.1. The average molecular weight is 401 g/mol. The molecule has 9 nitrogen and oxygen atoms in total. The van der Waals surface area contributed by atoms with Gasteiger partial charge in [-0.2, -0.15) is 15.0 Å². The highest BCUT2D eigenvalue weighted by Crippen LogP contribution is 2.24. The number of anilines is 1. The van der Waals surface area contributed by atoms with Crippen molar-refractivity contribution in [2.75, 3.05) is 5.32 Å². The van der Waals surface area contributed by atoms with Gasteiger partial charge >= 0.3 is 0 Å². The van der Waals surface area contributed by atoms with Gasteiger partial charge in [0.05, 0.1) is 35.5 Å². The van der Waals surface area contributed by atoms with Crippen LogP contribution < -0.4 is 5.32 Å². The fraction of sp³-hybridized carbons (Fsp3) is 0.333. The summed E-state index contributed by atoms with van der Waals surface area (Å²) in [6, 6.07) is 5.99. The Balaban J connectivity index is 1.77. The van der Waals surface area contributed by atoms with Crippen molar-refractivity contribution in [2.24, 2.45) is 5.92 Å². The number of fused-ring (bicyclic) bond motifs is 1. The van der Waals surface area contributed by atoms with Gasteiger partial charge in [-0.25, -0.2) is 14.6 Å². The minimum atomic E-state index is 0.211. The van der Waals surface area contributed by atoms with Crippen LogP contribution >= 0.6 is 0 Å². The zero-order chi connectivity index (χ0) is 21.3. The first-order valence-corrected chi connectivity index (χ1v) is 9.87. The average Bonchev–Trinajstić information content (AvgIpc) is 3.33. The van der Waals surface area contributed by atoms with E-state index in [4.69, 9.17) is 5.26 Å². The summed E-state index contributed by atoms with van der Waals surface area (Å²) in [6.07, 6.45) is 7.79. The molecule has 0 fully saturated rings. The molecular formula is C21H23N9. The highest BCUT2D eigenvalue weighted by atomic mass is 15.4. The molecule has 152 valence electrons. The number of aromatic nitrogens is 7. The highest BCUT2D eigenvalue weighted by Gasteiger charge is 2.15. The summed E-state index contributed by atoms with van der Waals surface area (Å²) >= 11 is 0. The molecule has 0 atom stereocenters. The molecule has 0 spiro atoms. The molecule has 0 amide bonds. The standard InChI is InChI=1S/C21H23N9/c1-13(2)5-17-12-29(28-27-17)19-11-23-20(7-18(19)26-14(3)4)30-21-16(10-25-30)6-15(8-22)9-24-21/h6-7,9-14H,5H2,1-4H3,(H,23,26). The van der Waals surface area contributed by atoms with Gasteiger partial charge in [-0.15, -0.1) is 5.10 Å². The van der Waals surface area contributed by atoms with Gasteiger partial charge < -0.3 is 5.32 Å². The lowest BCUT2D eigenvalue weighted by molar-refractivity contribution is 0.633. The second kappa shape index (κ2) is 7.91. The maximum Gasteiger partial charge on any atom is 0.164 e. The zero-order valence-corrected chi connectivity index (χ0v) is 17.4. The monoisotopic (exact) mass is 401 g/mol. The molecule has 0 bridgehead atoms. The molecule has 1 N–H and O–H groups in total. The van der Waals surface area contributed by atoms with Crippen LogP contribution in [0, 0.1) is 17.2 Å². The third-order valence-corrected chi connectivity index (χ3v) is 4.47. The molecule has 30 heavy (non-hydrogen) atoms. The molecule has 4 aromatic rings. The van der Waals surface area contributed by atoms with E-state index in [1.807, 2.05) is 12.3 Å². The van der Waals surface area contributed by atoms with E-state index in [9.17, 15) is 0 Å². The van der Waals surface area contributed by atoms with Crippen molar-refractivity contribution in [1.29, 1.82) is 5.26 Å². The van der Waals surface area contributed by atoms with Crippen molar-refractivity contribution in [2.45, 2.75) is 40.2 Å². The second-order valence-corrected chi connectivity index (χ2v) is 7.92. The van der Waals surface area contributed by atoms with Crippen molar-refractivity contribution < 1.29 is 0 Å². The van der Waals surface area contributed by atoms with E-state index in [2.05, 4.69) is 64.5 Å². The molecule has 4 heterocycles. The lowest BCUT2D eigenvalue weighted by Crippen LogP contribution is -2.14. The minimum absolute atomic E-state index is 0.211. The van der Waals surface area contributed by atoms with Gasteiger partial charge in [0.1, 0.15) is 11.8 Å². The predicted octanol–water partition coefficient (Wildman–Crippen LogP) is 3.29. The van der Waals surface area contributed by atoms with Crippen LogP contribution in [0.15, 0.2) is 36.9 Å². The van der Waals surface area contributed by atoms with Gasteiger partial charge in [-0.3, -0.25) is 0 Å². The van der Waals surface area contributed by atoms with Crippen LogP contribution in [-0.4, -0.2) is 40.8 Å². The second-order valence-electron chi connectivity index (χ2n) is 7.92. The summed E-state index contributed by atoms with van der Waals surface area (Å²) in [5.41, 5.74) is 3.76. The molecule has 0 aliphatic carbocycles. The number of nitrogens with one attached hydrogen (secondary N) is 1. The van der Waals surface area contributed by atoms with Crippen molar-refractivity contribution in [1.82, 2.24) is 34.7 Å². The molecule has 4 aromatic heterocycles. The first kappa shape index (κ1) is 19.5. The Labute approximate surface area is 174 Å². The van der Waals surface area contributed by atoms with E-state index in [0.717, 1.165) is 28.9 Å². The summed E-state index contributed by atoms with van der Waals surface area (Å²) < 4.78 is 3.41. The predicted molar refractivity (Wildman–Crippen MR) is 114 cm³/mol. The molecule has 4 rings (SSSR count). The van der Waals surface area contributed by atoms with E-state index in [-0.39, 0.29) is 6.04 Å². The first-order valence-electron chi connectivity index (χ1n) is 9.87. The minimum Gasteiger partial charge on any atom is -0.381 e. The molecule has 0 saturated carbocycles. The van der Waals surface area contributed by atoms with Crippen molar-refractivity contribution in [3.05, 3.63) is 48.2 Å². The maximum absolute atomic E-state index is 9.08. The summed E-state index contributed by atoms with van der Waals surface area (Å²) in [6.45, 7) is 8.46. The Morgan fingerprint density at radius 3 is 2.67 bits per heavy atom. The third kappa shape index (κ3) is 3.85. The SMILES string of the molecule is CC(C)Cc1cn(-c2cnc(-n3ncc4cc(C#N)cnc43)cc2NC(C)C)nn1. The zero-order valence-electron chi connectivity index (χ0n) is 17.4. The number of hydrogen-bond donors (Lipinski definition) is 1. The van der Waals surface area contributed by atoms with Gasteiger partial charge in [-0.05, 0) is 32.3 Å². The molecule has 0 aliphatic heterocycles. The Kier molecular flexibility index (Phi) is 5.14. The van der Waals surface area contributed by atoms with E-state index < -0.39 is 0 Å². The molecule has 9 heteroatoms. The van der Waals surface area contributed by atoms with Gasteiger partial charge in [0.25, 0.3) is 0 Å². The van der Waals surface area contributed by atoms with Crippen LogP contribution in [0.2, 0.25) is 0 Å². The van der Waals surface area contributed by atoms with Crippen LogP contribution in [-0.2, 0) is 6.42 Å². The number of nitrogens with zero attached hydrogens (tertiary/aromatic N) is 8. The van der Waals surface area contributed by atoms with Gasteiger partial charge in [0, 0.05) is 23.7 Å². The quantitative estimate of drug-likeness (QED) is 0.528. The van der Waals surface area contributed by atoms with Crippen LogP contribution in [0.3, 0.4) is 0 Å². The van der Waals surface area contributed by atoms with Crippen molar-refractivity contribution >= 4 is 16.7 Å². The largest absolute Gasteiger partial charge is 0.381 e. The van der Waals surface area contributed by atoms with Gasteiger partial charge in [0.2, 0.25) is 0 Å². The van der Waals surface area contributed by atoms with E-state index >= 15 is 0 Å². The van der Waals surface area contributed by atoms with E-state index in [0.29, 0.717) is 22.9 Å². The van der Waals surface area contributed by atoms with Crippen LogP contribution in [0.5, 0.6) is 0 Å². The smallest absolute Gasteiger partial charge is 0.164 e. The van der Waals surface area contributed by atoms with Crippen LogP contribution in [0.1, 0.15) is 39.0 Å². The van der Waals surface area contributed by atoms with Crippen LogP contribution in [0.4, 0.5) is 5.69 Å². The number of pyridine rings is 2. The molecular weight excluding hydrogens is 378 g/mol. The molecule has 0 radical (unpaired) electrons. The summed E-state index contributed by atoms with van der Waals surface area (Å²) in [7, 11) is 0. The molecule has 0 saturated heterocycles. The molecule has 0 unspecified atom stereocenters. The number of nitriles is 1. The fourth-order valence-electron chi connectivity index (χ4n) is 3.24. The first-order chi connectivity index (χ1) is 14.4. The number of hydrogen-bond acceptors (Lipinski definition) is 7. The van der Waals surface area contributed by atoms with E-state index in [1.54, 1.807) is 27.8 Å². The lowest BCUT2D eigenvalue weighted by Gasteiger charge is -2.15. The highest BCUT2D eigenvalue weighted by molar-refractivity contribution is 5.77. The Bertz CT molecular complexity index is 1230. The third-order valence-electron chi connectivity index (χ3n) is 4.47. The van der Waals surface area contributed by atoms with E-state index in [1.165, 1.54) is 6.20 Å². The molecule has 0 aliphatic rings. The topological polar surface area (TPSA) is 110 Å². The Morgan fingerprint density at radius 2 is 1.93 bits per heavy atom. The van der Waals surface area contributed by atoms with Crippen LogP contribution in [0.25, 0.3) is 22.5 Å². The Hall–Kier alpha value is -3.80. The molecule has 0 aromatic carbocycles. The fourth-order valence-corrected chi connectivity index (χ4v) is 3.24. The van der Waals surface area contributed by atoms with Gasteiger partial charge in [-0.1, -0.05) is 19.1 Å². The number of rotatable bonds is 6. The summed E-state index contributed by atoms with van der Waals surface area (Å²) in [5, 5.41) is 26.3. The summed E-state index contributed by atoms with van der Waals surface area (Å²) in [5.74, 6) is 1.13. The summed E-state index contributed by atoms with van der Waals surface area (Å²) in [4.78, 5) is 8.98. The maximum atomic E-state index is 9.08. The normalized spacial score (nSPS) is 11.4. The van der Waals surface area contributed by atoms with Gasteiger partial charge in [0.15, 0.2) is 11.5 Å². The Morgan fingerprint density at radius 1 is 1.10 bits per heavy atom. The van der Waals surface area contributed by atoms with Crippen molar-refractivity contribution in [3.8, 4) is 17.6 Å². The van der Waals surface area contributed by atoms with Crippen molar-refractivity contribution in [3.63, 3.8) is 0 Å².